The third-order valence-corrected chi connectivity index (χ3v) is 6.49. The van der Waals surface area contributed by atoms with E-state index in [1.54, 1.807) is 12.1 Å². The van der Waals surface area contributed by atoms with Gasteiger partial charge in [0.2, 0.25) is 5.91 Å². The lowest BCUT2D eigenvalue weighted by Crippen LogP contribution is -2.50. The predicted octanol–water partition coefficient (Wildman–Crippen LogP) is 4.53. The Labute approximate surface area is 179 Å². The number of piperidine rings is 1. The average Bonchev–Trinajstić information content (AvgIpc) is 3.28. The van der Waals surface area contributed by atoms with E-state index in [4.69, 9.17) is 0 Å². The van der Waals surface area contributed by atoms with Crippen molar-refractivity contribution in [3.63, 3.8) is 0 Å². The minimum absolute atomic E-state index is 0.0269. The van der Waals surface area contributed by atoms with Gasteiger partial charge < -0.3 is 10.2 Å². The second-order valence-electron chi connectivity index (χ2n) is 8.68. The van der Waals surface area contributed by atoms with Gasteiger partial charge in [-0.3, -0.25) is 9.69 Å². The summed E-state index contributed by atoms with van der Waals surface area (Å²) < 4.78 is 13.4. The lowest BCUT2D eigenvalue weighted by atomic mass is 9.86. The quantitative estimate of drug-likeness (QED) is 0.730. The third kappa shape index (κ3) is 5.67. The zero-order valence-electron chi connectivity index (χ0n) is 17.6. The molecule has 0 spiro atoms. The van der Waals surface area contributed by atoms with Crippen LogP contribution in [0.3, 0.4) is 0 Å². The Hall–Kier alpha value is -2.24. The zero-order valence-corrected chi connectivity index (χ0v) is 17.6. The summed E-state index contributed by atoms with van der Waals surface area (Å²) >= 11 is 0. The maximum absolute atomic E-state index is 13.4. The van der Waals surface area contributed by atoms with Crippen molar-refractivity contribution in [2.45, 2.75) is 44.7 Å². The molecular weight excluding hydrogens is 377 g/mol. The molecule has 2 fully saturated rings. The number of nitrogens with zero attached hydrogens (tertiary/aromatic N) is 2. The maximum atomic E-state index is 13.4. The van der Waals surface area contributed by atoms with Crippen LogP contribution in [0.25, 0.3) is 0 Å². The highest BCUT2D eigenvalue weighted by Gasteiger charge is 2.34. The summed E-state index contributed by atoms with van der Waals surface area (Å²) in [6.45, 7) is 5.50. The molecule has 1 N–H and O–H groups in total. The largest absolute Gasteiger partial charge is 0.326 e. The van der Waals surface area contributed by atoms with Crippen molar-refractivity contribution in [2.24, 2.45) is 5.92 Å². The Morgan fingerprint density at radius 1 is 1.03 bits per heavy atom. The van der Waals surface area contributed by atoms with Crippen molar-refractivity contribution in [1.82, 2.24) is 9.80 Å². The topological polar surface area (TPSA) is 35.6 Å². The first-order chi connectivity index (χ1) is 14.7. The van der Waals surface area contributed by atoms with Crippen LogP contribution in [0, 0.1) is 11.7 Å². The monoisotopic (exact) mass is 409 g/mol. The molecule has 30 heavy (non-hydrogen) atoms. The lowest BCUT2D eigenvalue weighted by Gasteiger charge is -2.43. The van der Waals surface area contributed by atoms with Crippen LogP contribution in [0.5, 0.6) is 0 Å². The molecule has 4 nitrogen and oxygen atoms in total. The highest BCUT2D eigenvalue weighted by molar-refractivity contribution is 5.90. The van der Waals surface area contributed by atoms with E-state index < -0.39 is 0 Å². The summed E-state index contributed by atoms with van der Waals surface area (Å²) in [5, 5.41) is 2.85. The number of rotatable bonds is 7. The minimum atomic E-state index is -0.328. The van der Waals surface area contributed by atoms with Crippen LogP contribution in [0.2, 0.25) is 0 Å². The second-order valence-corrected chi connectivity index (χ2v) is 8.68. The standard InChI is InChI=1S/C25H32FN3O/c26-22-9-6-10-23(17-22)27-25(30)12-11-21-19-28(18-20-7-2-1-3-8-20)16-13-24(21)29-14-4-5-15-29/h1-3,6-10,17,21,24H,4-5,11-16,18-19H2,(H,27,30)/t21-,24+/m0/s1. The highest BCUT2D eigenvalue weighted by atomic mass is 19.1. The van der Waals surface area contributed by atoms with Gasteiger partial charge in [-0.05, 0) is 75.0 Å². The second kappa shape index (κ2) is 10.2. The number of anilines is 1. The molecule has 0 saturated carbocycles. The van der Waals surface area contributed by atoms with Crippen LogP contribution >= 0.6 is 0 Å². The number of hydrogen-bond donors (Lipinski definition) is 1. The maximum Gasteiger partial charge on any atom is 0.224 e. The molecule has 2 saturated heterocycles. The van der Waals surface area contributed by atoms with Crippen LogP contribution in [0.4, 0.5) is 10.1 Å². The minimum Gasteiger partial charge on any atom is -0.326 e. The molecule has 2 aromatic rings. The highest BCUT2D eigenvalue weighted by Crippen LogP contribution is 2.29. The zero-order chi connectivity index (χ0) is 20.8. The van der Waals surface area contributed by atoms with Crippen molar-refractivity contribution in [2.75, 3.05) is 31.5 Å². The van der Waals surface area contributed by atoms with Crippen LogP contribution in [-0.2, 0) is 11.3 Å². The molecule has 0 radical (unpaired) electrons. The van der Waals surface area contributed by atoms with Crippen molar-refractivity contribution in [3.05, 3.63) is 66.0 Å². The summed E-state index contributed by atoms with van der Waals surface area (Å²) in [7, 11) is 0. The Balaban J connectivity index is 1.36. The number of carbonyl (C=O) groups excluding carboxylic acids is 1. The predicted molar refractivity (Wildman–Crippen MR) is 119 cm³/mol. The van der Waals surface area contributed by atoms with Gasteiger partial charge >= 0.3 is 0 Å². The molecule has 1 amide bonds. The summed E-state index contributed by atoms with van der Waals surface area (Å²) in [5.74, 6) is 0.130. The Morgan fingerprint density at radius 3 is 2.60 bits per heavy atom. The van der Waals surface area contributed by atoms with Gasteiger partial charge in [0.15, 0.2) is 0 Å². The Kier molecular flexibility index (Phi) is 7.13. The first-order valence-corrected chi connectivity index (χ1v) is 11.2. The first kappa shape index (κ1) is 21.0. The summed E-state index contributed by atoms with van der Waals surface area (Å²) in [5.41, 5.74) is 1.88. The van der Waals surface area contributed by atoms with Gasteiger partial charge in [0.05, 0.1) is 0 Å². The fourth-order valence-electron chi connectivity index (χ4n) is 5.02. The van der Waals surface area contributed by atoms with Gasteiger partial charge in [-0.25, -0.2) is 4.39 Å². The van der Waals surface area contributed by atoms with E-state index in [1.807, 2.05) is 0 Å². The van der Waals surface area contributed by atoms with Crippen molar-refractivity contribution < 1.29 is 9.18 Å². The SMILES string of the molecule is O=C(CC[C@H]1CN(Cc2ccccc2)CC[C@H]1N1CCCC1)Nc1cccc(F)c1. The van der Waals surface area contributed by atoms with Crippen LogP contribution in [-0.4, -0.2) is 47.9 Å². The molecular formula is C25H32FN3O. The van der Waals surface area contributed by atoms with Crippen LogP contribution in [0.15, 0.2) is 54.6 Å². The number of benzene rings is 2. The van der Waals surface area contributed by atoms with Crippen LogP contribution in [0.1, 0.15) is 37.7 Å². The van der Waals surface area contributed by atoms with Crippen molar-refractivity contribution >= 4 is 11.6 Å². The molecule has 2 aliphatic heterocycles. The van der Waals surface area contributed by atoms with Gasteiger partial charge in [-0.2, -0.15) is 0 Å². The Morgan fingerprint density at radius 2 is 1.83 bits per heavy atom. The van der Waals surface area contributed by atoms with Gasteiger partial charge in [0.1, 0.15) is 5.82 Å². The van der Waals surface area contributed by atoms with Crippen LogP contribution < -0.4 is 5.32 Å². The average molecular weight is 410 g/mol. The molecule has 5 heteroatoms. The number of nitrogens with one attached hydrogen (secondary N) is 1. The van der Waals surface area contributed by atoms with Gasteiger partial charge in [-0.15, -0.1) is 0 Å². The van der Waals surface area contributed by atoms with E-state index in [9.17, 15) is 9.18 Å². The molecule has 2 aromatic carbocycles. The first-order valence-electron chi connectivity index (χ1n) is 11.2. The number of halogens is 1. The Bertz CT molecular complexity index is 822. The van der Waals surface area contributed by atoms with E-state index in [0.29, 0.717) is 24.1 Å². The number of likely N-dealkylation sites (tertiary alicyclic amines) is 2. The van der Waals surface area contributed by atoms with Gasteiger partial charge in [-0.1, -0.05) is 36.4 Å². The molecule has 4 rings (SSSR count). The molecule has 2 aliphatic rings. The van der Waals surface area contributed by atoms with E-state index in [1.165, 1.54) is 50.0 Å². The molecule has 0 aliphatic carbocycles. The van der Waals surface area contributed by atoms with Crippen molar-refractivity contribution in [3.8, 4) is 0 Å². The smallest absolute Gasteiger partial charge is 0.224 e. The molecule has 2 heterocycles. The number of carbonyl (C=O) groups is 1. The van der Waals surface area contributed by atoms with E-state index in [-0.39, 0.29) is 11.7 Å². The van der Waals surface area contributed by atoms with Crippen molar-refractivity contribution in [1.29, 1.82) is 0 Å². The van der Waals surface area contributed by atoms with E-state index >= 15 is 0 Å². The molecule has 2 atom stereocenters. The molecule has 160 valence electrons. The normalized spacial score (nSPS) is 22.8. The fraction of sp³-hybridized carbons (Fsp3) is 0.480. The number of hydrogen-bond acceptors (Lipinski definition) is 3. The van der Waals surface area contributed by atoms with E-state index in [2.05, 4.69) is 45.4 Å². The van der Waals surface area contributed by atoms with E-state index in [0.717, 1.165) is 26.1 Å². The molecule has 0 aromatic heterocycles. The summed E-state index contributed by atoms with van der Waals surface area (Å²) in [4.78, 5) is 17.7. The molecule has 0 unspecified atom stereocenters. The fourth-order valence-corrected chi connectivity index (χ4v) is 5.02. The molecule has 0 bridgehead atoms. The number of amides is 1. The third-order valence-electron chi connectivity index (χ3n) is 6.49. The van der Waals surface area contributed by atoms with Gasteiger partial charge in [0.25, 0.3) is 0 Å². The van der Waals surface area contributed by atoms with Gasteiger partial charge in [0, 0.05) is 31.2 Å². The summed E-state index contributed by atoms with van der Waals surface area (Å²) in [6.07, 6.45) is 5.09. The lowest BCUT2D eigenvalue weighted by molar-refractivity contribution is -0.116. The summed E-state index contributed by atoms with van der Waals surface area (Å²) in [6, 6.07) is 17.3.